The van der Waals surface area contributed by atoms with Crippen molar-refractivity contribution in [2.45, 2.75) is 39.0 Å². The summed E-state index contributed by atoms with van der Waals surface area (Å²) in [5.74, 6) is 1.19. The Bertz CT molecular complexity index is 547. The lowest BCUT2D eigenvalue weighted by Gasteiger charge is -2.19. The van der Waals surface area contributed by atoms with Crippen molar-refractivity contribution < 1.29 is 24.1 Å². The number of hydrogen-bond acceptors (Lipinski definition) is 5. The molecule has 142 valence electrons. The van der Waals surface area contributed by atoms with E-state index in [2.05, 4.69) is 6.92 Å². The molecule has 2 atom stereocenters. The Morgan fingerprint density at radius 2 is 1.92 bits per heavy atom. The van der Waals surface area contributed by atoms with E-state index in [1.165, 1.54) is 0 Å². The van der Waals surface area contributed by atoms with Crippen molar-refractivity contribution in [2.75, 3.05) is 27.9 Å². The summed E-state index contributed by atoms with van der Waals surface area (Å²) in [6, 6.07) is 3.76. The van der Waals surface area contributed by atoms with Gasteiger partial charge in [-0.2, -0.15) is 0 Å². The van der Waals surface area contributed by atoms with Crippen molar-refractivity contribution in [3.05, 3.63) is 17.7 Å². The number of aliphatic carboxylic acids is 1. The van der Waals surface area contributed by atoms with Gasteiger partial charge in [0.1, 0.15) is 5.75 Å². The number of carbonyl (C=O) groups is 1. The predicted octanol–water partition coefficient (Wildman–Crippen LogP) is 3.11. The van der Waals surface area contributed by atoms with Crippen LogP contribution in [-0.2, 0) is 11.2 Å². The molecular weight excluding hydrogens is 322 g/mol. The Morgan fingerprint density at radius 1 is 1.20 bits per heavy atom. The van der Waals surface area contributed by atoms with Crippen LogP contribution in [0.1, 0.15) is 38.2 Å². The number of aryl methyl sites for hydroxylation is 1. The van der Waals surface area contributed by atoms with E-state index < -0.39 is 11.9 Å². The first-order valence-corrected chi connectivity index (χ1v) is 8.72. The number of hydrogen-bond donors (Lipinski definition) is 2. The zero-order valence-corrected chi connectivity index (χ0v) is 15.7. The van der Waals surface area contributed by atoms with Crippen LogP contribution in [0.15, 0.2) is 12.1 Å². The number of benzene rings is 1. The molecular formula is C19H31NO5. The van der Waals surface area contributed by atoms with Crippen molar-refractivity contribution in [3.8, 4) is 17.2 Å². The highest BCUT2D eigenvalue weighted by molar-refractivity contribution is 5.70. The standard InChI is InChI=1S/C19H31NO5/c1-5-13(9-15(12-20)19(21)22)7-6-8-14-10-16(23-2)11-17(24-3)18(14)25-4/h10-11,13,15H,5-9,12,20H2,1-4H3,(H,21,22). The Labute approximate surface area is 150 Å². The minimum absolute atomic E-state index is 0.187. The molecule has 2 unspecified atom stereocenters. The molecule has 6 nitrogen and oxygen atoms in total. The molecule has 1 aromatic carbocycles. The van der Waals surface area contributed by atoms with E-state index >= 15 is 0 Å². The first-order valence-electron chi connectivity index (χ1n) is 8.72. The number of rotatable bonds is 12. The predicted molar refractivity (Wildman–Crippen MR) is 97.6 cm³/mol. The first kappa shape index (κ1) is 21.1. The van der Waals surface area contributed by atoms with E-state index in [1.807, 2.05) is 6.07 Å². The maximum absolute atomic E-state index is 11.2. The third-order valence-electron chi connectivity index (χ3n) is 4.65. The molecule has 0 spiro atoms. The fraction of sp³-hybridized carbons (Fsp3) is 0.632. The van der Waals surface area contributed by atoms with E-state index in [1.54, 1.807) is 27.4 Å². The van der Waals surface area contributed by atoms with Gasteiger partial charge < -0.3 is 25.1 Å². The Balaban J connectivity index is 2.74. The minimum atomic E-state index is -0.805. The largest absolute Gasteiger partial charge is 0.497 e. The van der Waals surface area contributed by atoms with Crippen molar-refractivity contribution >= 4 is 5.97 Å². The van der Waals surface area contributed by atoms with Gasteiger partial charge in [0.2, 0.25) is 0 Å². The molecule has 25 heavy (non-hydrogen) atoms. The minimum Gasteiger partial charge on any atom is -0.497 e. The maximum Gasteiger partial charge on any atom is 0.307 e. The molecule has 0 radical (unpaired) electrons. The summed E-state index contributed by atoms with van der Waals surface area (Å²) in [5, 5.41) is 9.18. The molecule has 3 N–H and O–H groups in total. The zero-order valence-electron chi connectivity index (χ0n) is 15.7. The monoisotopic (exact) mass is 353 g/mol. The van der Waals surface area contributed by atoms with E-state index in [0.29, 0.717) is 18.1 Å². The number of ether oxygens (including phenoxy) is 3. The number of carboxylic acid groups (broad SMARTS) is 1. The van der Waals surface area contributed by atoms with Crippen LogP contribution in [0.4, 0.5) is 0 Å². The second-order valence-corrected chi connectivity index (χ2v) is 6.20. The molecule has 0 bridgehead atoms. The molecule has 0 saturated carbocycles. The maximum atomic E-state index is 11.2. The fourth-order valence-electron chi connectivity index (χ4n) is 3.09. The highest BCUT2D eigenvalue weighted by atomic mass is 16.5. The second-order valence-electron chi connectivity index (χ2n) is 6.20. The Kier molecular flexibility index (Phi) is 9.13. The van der Waals surface area contributed by atoms with Crippen LogP contribution in [0.2, 0.25) is 0 Å². The number of methoxy groups -OCH3 is 3. The van der Waals surface area contributed by atoms with Gasteiger partial charge in [0.25, 0.3) is 0 Å². The van der Waals surface area contributed by atoms with Crippen LogP contribution in [-0.4, -0.2) is 38.9 Å². The molecule has 0 fully saturated rings. The third-order valence-corrected chi connectivity index (χ3v) is 4.65. The van der Waals surface area contributed by atoms with Crippen LogP contribution in [0.3, 0.4) is 0 Å². The van der Waals surface area contributed by atoms with Crippen molar-refractivity contribution in [1.29, 1.82) is 0 Å². The molecule has 0 saturated heterocycles. The van der Waals surface area contributed by atoms with Crippen LogP contribution >= 0.6 is 0 Å². The molecule has 0 aliphatic rings. The molecule has 0 amide bonds. The fourth-order valence-corrected chi connectivity index (χ4v) is 3.09. The van der Waals surface area contributed by atoms with Gasteiger partial charge in [0.15, 0.2) is 11.5 Å². The van der Waals surface area contributed by atoms with E-state index in [-0.39, 0.29) is 6.54 Å². The Hall–Kier alpha value is -1.95. The summed E-state index contributed by atoms with van der Waals surface area (Å²) >= 11 is 0. The summed E-state index contributed by atoms with van der Waals surface area (Å²) < 4.78 is 16.2. The van der Waals surface area contributed by atoms with Crippen molar-refractivity contribution in [2.24, 2.45) is 17.6 Å². The molecule has 1 aromatic rings. The lowest BCUT2D eigenvalue weighted by Crippen LogP contribution is -2.25. The highest BCUT2D eigenvalue weighted by Crippen LogP contribution is 2.36. The van der Waals surface area contributed by atoms with E-state index in [0.717, 1.165) is 42.7 Å². The highest BCUT2D eigenvalue weighted by Gasteiger charge is 2.20. The normalized spacial score (nSPS) is 13.2. The lowest BCUT2D eigenvalue weighted by atomic mass is 9.88. The average Bonchev–Trinajstić information content (AvgIpc) is 2.63. The van der Waals surface area contributed by atoms with Gasteiger partial charge in [-0.05, 0) is 31.2 Å². The van der Waals surface area contributed by atoms with E-state index in [9.17, 15) is 9.90 Å². The lowest BCUT2D eigenvalue weighted by molar-refractivity contribution is -0.142. The topological polar surface area (TPSA) is 91.0 Å². The number of carboxylic acids is 1. The Morgan fingerprint density at radius 3 is 2.40 bits per heavy atom. The van der Waals surface area contributed by atoms with Gasteiger partial charge in [-0.3, -0.25) is 4.79 Å². The van der Waals surface area contributed by atoms with Gasteiger partial charge in [-0.1, -0.05) is 19.8 Å². The second kappa shape index (κ2) is 10.8. The van der Waals surface area contributed by atoms with Crippen LogP contribution in [0.25, 0.3) is 0 Å². The van der Waals surface area contributed by atoms with E-state index in [4.69, 9.17) is 19.9 Å². The van der Waals surface area contributed by atoms with Gasteiger partial charge >= 0.3 is 5.97 Å². The quantitative estimate of drug-likeness (QED) is 0.600. The summed E-state index contributed by atoms with van der Waals surface area (Å²) in [4.78, 5) is 11.2. The molecule has 0 aliphatic heterocycles. The smallest absolute Gasteiger partial charge is 0.307 e. The molecule has 6 heteroatoms. The third kappa shape index (κ3) is 6.12. The summed E-state index contributed by atoms with van der Waals surface area (Å²) in [5.41, 5.74) is 6.60. The molecule has 0 aliphatic carbocycles. The first-order chi connectivity index (χ1) is 12.0. The van der Waals surface area contributed by atoms with Crippen LogP contribution in [0.5, 0.6) is 17.2 Å². The SMILES string of the molecule is CCC(CCCc1cc(OC)cc(OC)c1OC)CC(CN)C(=O)O. The molecule has 1 rings (SSSR count). The molecule has 0 heterocycles. The van der Waals surface area contributed by atoms with Gasteiger partial charge in [0.05, 0.1) is 27.2 Å². The average molecular weight is 353 g/mol. The zero-order chi connectivity index (χ0) is 18.8. The van der Waals surface area contributed by atoms with Crippen LogP contribution in [0, 0.1) is 11.8 Å². The van der Waals surface area contributed by atoms with Crippen LogP contribution < -0.4 is 19.9 Å². The summed E-state index contributed by atoms with van der Waals surface area (Å²) in [6.07, 6.45) is 4.27. The number of nitrogens with two attached hydrogens (primary N) is 1. The summed E-state index contributed by atoms with van der Waals surface area (Å²) in [7, 11) is 4.85. The van der Waals surface area contributed by atoms with Gasteiger partial charge in [0, 0.05) is 18.2 Å². The molecule has 0 aromatic heterocycles. The van der Waals surface area contributed by atoms with Crippen molar-refractivity contribution in [3.63, 3.8) is 0 Å². The van der Waals surface area contributed by atoms with Gasteiger partial charge in [-0.15, -0.1) is 0 Å². The summed E-state index contributed by atoms with van der Waals surface area (Å²) in [6.45, 7) is 2.28. The van der Waals surface area contributed by atoms with Gasteiger partial charge in [-0.25, -0.2) is 0 Å². The van der Waals surface area contributed by atoms with Crippen molar-refractivity contribution in [1.82, 2.24) is 0 Å².